The Balaban J connectivity index is 2.33. The van der Waals surface area contributed by atoms with Crippen LogP contribution < -0.4 is 4.90 Å². The highest BCUT2D eigenvalue weighted by Gasteiger charge is 2.24. The second kappa shape index (κ2) is 7.73. The molecule has 0 atom stereocenters. The van der Waals surface area contributed by atoms with Gasteiger partial charge in [0.05, 0.1) is 17.5 Å². The summed E-state index contributed by atoms with van der Waals surface area (Å²) in [6, 6.07) is 4.63. The zero-order chi connectivity index (χ0) is 18.8. The van der Waals surface area contributed by atoms with Crippen LogP contribution in [0.3, 0.4) is 0 Å². The first-order chi connectivity index (χ1) is 11.6. The highest BCUT2D eigenvalue weighted by molar-refractivity contribution is 7.88. The number of nitrogens with zero attached hydrogens (tertiary/aromatic N) is 4. The van der Waals surface area contributed by atoms with Crippen molar-refractivity contribution >= 4 is 42.6 Å². The third-order valence-corrected chi connectivity index (χ3v) is 5.89. The number of fused-ring (bicyclic) bond motifs is 1. The number of para-hydroxylation sites is 1. The Morgan fingerprint density at radius 1 is 1.24 bits per heavy atom. The number of anilines is 1. The molecule has 1 aromatic heterocycles. The Bertz CT molecular complexity index is 867. The summed E-state index contributed by atoms with van der Waals surface area (Å²) >= 11 is 1.20. The molecular weight excluding hydrogens is 367 g/mol. The van der Waals surface area contributed by atoms with Crippen molar-refractivity contribution in [3.05, 3.63) is 24.0 Å². The molecule has 2 aromatic rings. The first-order valence-electron chi connectivity index (χ1n) is 7.51. The predicted octanol–water partition coefficient (Wildman–Crippen LogP) is 1.22. The van der Waals surface area contributed by atoms with E-state index in [4.69, 9.17) is 0 Å². The monoisotopic (exact) mass is 388 g/mol. The molecule has 7 nitrogen and oxygen atoms in total. The number of benzene rings is 1. The molecule has 1 amide bonds. The van der Waals surface area contributed by atoms with Crippen LogP contribution in [0.2, 0.25) is 0 Å². The normalized spacial score (nSPS) is 12.3. The van der Waals surface area contributed by atoms with Crippen LogP contribution >= 0.6 is 11.3 Å². The zero-order valence-corrected chi connectivity index (χ0v) is 16.2. The van der Waals surface area contributed by atoms with Gasteiger partial charge in [0.2, 0.25) is 15.9 Å². The van der Waals surface area contributed by atoms with E-state index in [0.717, 1.165) is 10.6 Å². The molecule has 10 heteroatoms. The summed E-state index contributed by atoms with van der Waals surface area (Å²) in [5.74, 6) is -0.859. The van der Waals surface area contributed by atoms with Crippen molar-refractivity contribution in [2.75, 3.05) is 51.9 Å². The summed E-state index contributed by atoms with van der Waals surface area (Å²) in [6.07, 6.45) is 1.04. The van der Waals surface area contributed by atoms with Gasteiger partial charge in [-0.2, -0.15) is 4.31 Å². The number of thiazole rings is 1. The summed E-state index contributed by atoms with van der Waals surface area (Å²) in [6.45, 7) is 0.586. The van der Waals surface area contributed by atoms with Gasteiger partial charge >= 0.3 is 0 Å². The fourth-order valence-electron chi connectivity index (χ4n) is 2.04. The van der Waals surface area contributed by atoms with Gasteiger partial charge < -0.3 is 4.90 Å². The molecule has 138 valence electrons. The van der Waals surface area contributed by atoms with E-state index < -0.39 is 21.7 Å². The van der Waals surface area contributed by atoms with Gasteiger partial charge in [-0.25, -0.2) is 17.8 Å². The maximum Gasteiger partial charge on any atom is 0.244 e. The highest BCUT2D eigenvalue weighted by Crippen LogP contribution is 2.30. The lowest BCUT2D eigenvalue weighted by Crippen LogP contribution is -2.43. The quantitative estimate of drug-likeness (QED) is 0.713. The molecule has 2 rings (SSSR count). The number of rotatable bonds is 7. The van der Waals surface area contributed by atoms with Crippen LogP contribution in [0.1, 0.15) is 0 Å². The van der Waals surface area contributed by atoms with E-state index in [-0.39, 0.29) is 12.1 Å². The zero-order valence-electron chi connectivity index (χ0n) is 14.6. The minimum Gasteiger partial charge on any atom is -0.308 e. The number of hydrogen-bond donors (Lipinski definition) is 0. The molecule has 0 spiro atoms. The molecule has 0 aliphatic heterocycles. The minimum absolute atomic E-state index is 0.210. The summed E-state index contributed by atoms with van der Waals surface area (Å²) in [4.78, 5) is 20.2. The maximum atomic E-state index is 13.9. The van der Waals surface area contributed by atoms with Gasteiger partial charge in [0.1, 0.15) is 11.3 Å². The standard InChI is InChI=1S/C15H21FN4O3S2/c1-18(2)8-9-20(13(21)10-19(3)25(4,22)23)15-17-14-11(16)6-5-7-12(14)24-15/h5-7H,8-10H2,1-4H3. The van der Waals surface area contributed by atoms with Crippen molar-refractivity contribution in [2.45, 2.75) is 0 Å². The molecule has 0 saturated heterocycles. The number of hydrogen-bond acceptors (Lipinski definition) is 6. The van der Waals surface area contributed by atoms with Gasteiger partial charge in [-0.15, -0.1) is 0 Å². The van der Waals surface area contributed by atoms with E-state index >= 15 is 0 Å². The Hall–Kier alpha value is -1.62. The van der Waals surface area contributed by atoms with Crippen LogP contribution in [0.25, 0.3) is 10.2 Å². The van der Waals surface area contributed by atoms with Crippen molar-refractivity contribution in [2.24, 2.45) is 0 Å². The average molecular weight is 388 g/mol. The summed E-state index contributed by atoms with van der Waals surface area (Å²) in [5, 5.41) is 0.355. The van der Waals surface area contributed by atoms with Gasteiger partial charge in [-0.3, -0.25) is 9.69 Å². The summed E-state index contributed by atoms with van der Waals surface area (Å²) in [5.41, 5.74) is 0.210. The van der Waals surface area contributed by atoms with Crippen LogP contribution in [0.5, 0.6) is 0 Å². The molecule has 1 aromatic carbocycles. The van der Waals surface area contributed by atoms with E-state index in [1.165, 1.54) is 29.4 Å². The molecule has 0 radical (unpaired) electrons. The number of halogens is 1. The lowest BCUT2D eigenvalue weighted by molar-refractivity contribution is -0.118. The van der Waals surface area contributed by atoms with Crippen molar-refractivity contribution in [3.8, 4) is 0 Å². The predicted molar refractivity (Wildman–Crippen MR) is 98.0 cm³/mol. The fourth-order valence-corrected chi connectivity index (χ4v) is 3.41. The number of carbonyl (C=O) groups is 1. The Labute approximate surface area is 150 Å². The first-order valence-corrected chi connectivity index (χ1v) is 10.2. The van der Waals surface area contributed by atoms with Crippen molar-refractivity contribution in [1.29, 1.82) is 0 Å². The van der Waals surface area contributed by atoms with Crippen LogP contribution in [0.4, 0.5) is 9.52 Å². The molecule has 0 fully saturated rings. The molecule has 25 heavy (non-hydrogen) atoms. The maximum absolute atomic E-state index is 13.9. The molecule has 1 heterocycles. The number of sulfonamides is 1. The molecule has 0 bridgehead atoms. The van der Waals surface area contributed by atoms with E-state index in [1.54, 1.807) is 12.1 Å². The SMILES string of the molecule is CN(C)CCN(C(=O)CN(C)S(C)(=O)=O)c1nc2c(F)cccc2s1. The van der Waals surface area contributed by atoms with Gasteiger partial charge in [0, 0.05) is 20.1 Å². The molecule has 0 aliphatic rings. The van der Waals surface area contributed by atoms with Gasteiger partial charge in [-0.05, 0) is 26.2 Å². The largest absolute Gasteiger partial charge is 0.308 e. The van der Waals surface area contributed by atoms with Crippen LogP contribution in [-0.4, -0.2) is 75.5 Å². The first kappa shape index (κ1) is 19.7. The van der Waals surface area contributed by atoms with Gasteiger partial charge in [0.15, 0.2) is 5.13 Å². The van der Waals surface area contributed by atoms with Crippen molar-refractivity contribution in [1.82, 2.24) is 14.2 Å². The lowest BCUT2D eigenvalue weighted by Gasteiger charge is -2.24. The summed E-state index contributed by atoms with van der Waals surface area (Å²) in [7, 11) is 1.59. The van der Waals surface area contributed by atoms with Crippen LogP contribution in [-0.2, 0) is 14.8 Å². The van der Waals surface area contributed by atoms with E-state index in [9.17, 15) is 17.6 Å². The second-order valence-corrected chi connectivity index (χ2v) is 9.05. The van der Waals surface area contributed by atoms with Gasteiger partial charge in [0.25, 0.3) is 0 Å². The van der Waals surface area contributed by atoms with E-state index in [1.807, 2.05) is 19.0 Å². The van der Waals surface area contributed by atoms with E-state index in [2.05, 4.69) is 4.98 Å². The van der Waals surface area contributed by atoms with Crippen molar-refractivity contribution in [3.63, 3.8) is 0 Å². The third-order valence-electron chi connectivity index (χ3n) is 3.59. The Morgan fingerprint density at radius 2 is 1.92 bits per heavy atom. The van der Waals surface area contributed by atoms with Gasteiger partial charge in [-0.1, -0.05) is 17.4 Å². The smallest absolute Gasteiger partial charge is 0.244 e. The molecule has 0 unspecified atom stereocenters. The Morgan fingerprint density at radius 3 is 2.48 bits per heavy atom. The number of likely N-dealkylation sites (N-methyl/N-ethyl adjacent to an activating group) is 2. The number of aromatic nitrogens is 1. The number of carbonyl (C=O) groups excluding carboxylic acids is 1. The Kier molecular flexibility index (Phi) is 6.09. The number of amides is 1. The molecule has 0 aliphatic carbocycles. The molecular formula is C15H21FN4O3S2. The van der Waals surface area contributed by atoms with E-state index in [0.29, 0.717) is 22.9 Å². The third kappa shape index (κ3) is 4.94. The molecule has 0 N–H and O–H groups in total. The lowest BCUT2D eigenvalue weighted by atomic mass is 10.3. The van der Waals surface area contributed by atoms with Crippen LogP contribution in [0, 0.1) is 5.82 Å². The van der Waals surface area contributed by atoms with Crippen LogP contribution in [0.15, 0.2) is 18.2 Å². The minimum atomic E-state index is -3.48. The highest BCUT2D eigenvalue weighted by atomic mass is 32.2. The van der Waals surface area contributed by atoms with Crippen molar-refractivity contribution < 1.29 is 17.6 Å². The summed E-state index contributed by atoms with van der Waals surface area (Å²) < 4.78 is 38.6. The second-order valence-electron chi connectivity index (χ2n) is 5.95. The topological polar surface area (TPSA) is 73.8 Å². The molecule has 0 saturated carbocycles. The average Bonchev–Trinajstić information content (AvgIpc) is 2.91. The fraction of sp³-hybridized carbons (Fsp3) is 0.467.